The summed E-state index contributed by atoms with van der Waals surface area (Å²) in [6.45, 7) is 2.94. The van der Waals surface area contributed by atoms with Gasteiger partial charge in [0.2, 0.25) is 0 Å². The Hall–Kier alpha value is -0.860. The molecule has 2 heteroatoms. The molecule has 0 aromatic heterocycles. The Bertz CT molecular complexity index is 420. The normalized spacial score (nSPS) is 29.5. The van der Waals surface area contributed by atoms with Crippen LogP contribution in [0.3, 0.4) is 0 Å². The zero-order valence-electron chi connectivity index (χ0n) is 12.4. The van der Waals surface area contributed by atoms with Crippen LogP contribution in [-0.2, 0) is 4.74 Å². The van der Waals surface area contributed by atoms with E-state index in [9.17, 15) is 5.11 Å². The van der Waals surface area contributed by atoms with Gasteiger partial charge in [-0.05, 0) is 42.2 Å². The lowest BCUT2D eigenvalue weighted by Crippen LogP contribution is -2.23. The van der Waals surface area contributed by atoms with Crippen molar-refractivity contribution in [2.45, 2.75) is 63.6 Å². The molecule has 1 aliphatic heterocycles. The van der Waals surface area contributed by atoms with Gasteiger partial charge in [-0.25, -0.2) is 0 Å². The van der Waals surface area contributed by atoms with E-state index in [1.165, 1.54) is 37.7 Å². The van der Waals surface area contributed by atoms with Crippen LogP contribution in [0.15, 0.2) is 24.3 Å². The van der Waals surface area contributed by atoms with E-state index in [-0.39, 0.29) is 6.10 Å². The Morgan fingerprint density at radius 1 is 1.05 bits per heavy atom. The molecular weight excluding hydrogens is 248 g/mol. The van der Waals surface area contributed by atoms with E-state index < -0.39 is 6.10 Å². The lowest BCUT2D eigenvalue weighted by atomic mass is 9.83. The Morgan fingerprint density at radius 2 is 1.75 bits per heavy atom. The van der Waals surface area contributed by atoms with Crippen LogP contribution < -0.4 is 0 Å². The Morgan fingerprint density at radius 3 is 2.35 bits per heavy atom. The minimum absolute atomic E-state index is 0.0319. The summed E-state index contributed by atoms with van der Waals surface area (Å²) < 4.78 is 5.68. The standard InChI is InChI=1S/C18H26O2/c1-13-11-12-20-18(13)17(19)16-9-7-15(8-10-16)14-5-3-2-4-6-14/h7-10,13-14,17-19H,2-6,11-12H2,1H3. The number of aliphatic hydroxyl groups excluding tert-OH is 1. The Labute approximate surface area is 122 Å². The van der Waals surface area contributed by atoms with Gasteiger partial charge in [0.1, 0.15) is 6.10 Å². The second-order valence-electron chi connectivity index (χ2n) is 6.55. The first-order valence-corrected chi connectivity index (χ1v) is 8.15. The van der Waals surface area contributed by atoms with Crippen LogP contribution in [0.2, 0.25) is 0 Å². The summed E-state index contributed by atoms with van der Waals surface area (Å²) in [7, 11) is 0. The summed E-state index contributed by atoms with van der Waals surface area (Å²) in [6.07, 6.45) is 7.32. The highest BCUT2D eigenvalue weighted by atomic mass is 16.5. The molecule has 1 aromatic rings. The van der Waals surface area contributed by atoms with E-state index in [0.717, 1.165) is 24.5 Å². The molecule has 0 amide bonds. The Balaban J connectivity index is 1.68. The summed E-state index contributed by atoms with van der Waals surface area (Å²) >= 11 is 0. The maximum atomic E-state index is 10.5. The molecule has 0 radical (unpaired) electrons. The number of aliphatic hydroxyl groups is 1. The zero-order chi connectivity index (χ0) is 13.9. The third-order valence-corrected chi connectivity index (χ3v) is 5.11. The van der Waals surface area contributed by atoms with Crippen molar-refractivity contribution in [3.8, 4) is 0 Å². The summed E-state index contributed by atoms with van der Waals surface area (Å²) in [5, 5.41) is 10.5. The predicted molar refractivity (Wildman–Crippen MR) is 80.7 cm³/mol. The molecule has 110 valence electrons. The van der Waals surface area contributed by atoms with Crippen molar-refractivity contribution in [3.63, 3.8) is 0 Å². The van der Waals surface area contributed by atoms with Crippen molar-refractivity contribution < 1.29 is 9.84 Å². The fourth-order valence-electron chi connectivity index (χ4n) is 3.71. The van der Waals surface area contributed by atoms with Crippen molar-refractivity contribution in [1.29, 1.82) is 0 Å². The molecule has 1 heterocycles. The molecular formula is C18H26O2. The molecule has 1 saturated carbocycles. The summed E-state index contributed by atoms with van der Waals surface area (Å²) in [4.78, 5) is 0. The molecule has 1 aliphatic carbocycles. The van der Waals surface area contributed by atoms with E-state index >= 15 is 0 Å². The van der Waals surface area contributed by atoms with Crippen LogP contribution in [0.4, 0.5) is 0 Å². The zero-order valence-corrected chi connectivity index (χ0v) is 12.4. The molecule has 1 saturated heterocycles. The first kappa shape index (κ1) is 14.1. The number of ether oxygens (including phenoxy) is 1. The molecule has 2 fully saturated rings. The minimum Gasteiger partial charge on any atom is -0.386 e. The Kier molecular flexibility index (Phi) is 4.42. The van der Waals surface area contributed by atoms with Gasteiger partial charge >= 0.3 is 0 Å². The van der Waals surface area contributed by atoms with Crippen molar-refractivity contribution >= 4 is 0 Å². The topological polar surface area (TPSA) is 29.5 Å². The fourth-order valence-corrected chi connectivity index (χ4v) is 3.71. The van der Waals surface area contributed by atoms with Gasteiger partial charge in [-0.15, -0.1) is 0 Å². The van der Waals surface area contributed by atoms with Crippen LogP contribution in [0, 0.1) is 5.92 Å². The van der Waals surface area contributed by atoms with E-state index in [1.807, 2.05) is 0 Å². The second-order valence-corrected chi connectivity index (χ2v) is 6.55. The predicted octanol–water partition coefficient (Wildman–Crippen LogP) is 4.19. The average Bonchev–Trinajstić information content (AvgIpc) is 2.94. The highest BCUT2D eigenvalue weighted by Gasteiger charge is 2.31. The number of benzene rings is 1. The average molecular weight is 274 g/mol. The highest BCUT2D eigenvalue weighted by molar-refractivity contribution is 5.27. The van der Waals surface area contributed by atoms with Crippen molar-refractivity contribution in [3.05, 3.63) is 35.4 Å². The molecule has 20 heavy (non-hydrogen) atoms. The van der Waals surface area contributed by atoms with Crippen LogP contribution in [-0.4, -0.2) is 17.8 Å². The van der Waals surface area contributed by atoms with E-state index in [0.29, 0.717) is 5.92 Å². The second kappa shape index (κ2) is 6.28. The molecule has 0 spiro atoms. The number of hydrogen-bond acceptors (Lipinski definition) is 2. The van der Waals surface area contributed by atoms with Gasteiger partial charge in [-0.2, -0.15) is 0 Å². The van der Waals surface area contributed by atoms with Gasteiger partial charge in [-0.1, -0.05) is 50.5 Å². The fraction of sp³-hybridized carbons (Fsp3) is 0.667. The lowest BCUT2D eigenvalue weighted by molar-refractivity contribution is -0.0178. The highest BCUT2D eigenvalue weighted by Crippen LogP contribution is 2.35. The summed E-state index contributed by atoms with van der Waals surface area (Å²) in [5.74, 6) is 1.18. The van der Waals surface area contributed by atoms with Gasteiger partial charge in [0.15, 0.2) is 0 Å². The minimum atomic E-state index is -0.479. The van der Waals surface area contributed by atoms with Crippen LogP contribution in [0.1, 0.15) is 68.6 Å². The first-order chi connectivity index (χ1) is 9.75. The molecule has 0 bridgehead atoms. The summed E-state index contributed by atoms with van der Waals surface area (Å²) in [6, 6.07) is 8.63. The first-order valence-electron chi connectivity index (χ1n) is 8.15. The van der Waals surface area contributed by atoms with Gasteiger partial charge in [0.25, 0.3) is 0 Å². The number of rotatable bonds is 3. The largest absolute Gasteiger partial charge is 0.386 e. The maximum absolute atomic E-state index is 10.5. The molecule has 1 aromatic carbocycles. The van der Waals surface area contributed by atoms with Crippen molar-refractivity contribution in [2.75, 3.05) is 6.61 Å². The van der Waals surface area contributed by atoms with Gasteiger partial charge < -0.3 is 9.84 Å². The van der Waals surface area contributed by atoms with Crippen LogP contribution in [0.5, 0.6) is 0 Å². The van der Waals surface area contributed by atoms with E-state index in [1.54, 1.807) is 0 Å². The molecule has 3 rings (SSSR count). The molecule has 2 nitrogen and oxygen atoms in total. The lowest BCUT2D eigenvalue weighted by Gasteiger charge is -2.24. The quantitative estimate of drug-likeness (QED) is 0.895. The molecule has 1 N–H and O–H groups in total. The van der Waals surface area contributed by atoms with Crippen molar-refractivity contribution in [1.82, 2.24) is 0 Å². The van der Waals surface area contributed by atoms with Gasteiger partial charge in [0.05, 0.1) is 6.10 Å². The third-order valence-electron chi connectivity index (χ3n) is 5.11. The molecule has 3 atom stereocenters. The molecule has 3 unspecified atom stereocenters. The third kappa shape index (κ3) is 2.91. The van der Waals surface area contributed by atoms with Crippen molar-refractivity contribution in [2.24, 2.45) is 5.92 Å². The number of hydrogen-bond donors (Lipinski definition) is 1. The maximum Gasteiger partial charge on any atom is 0.105 e. The SMILES string of the molecule is CC1CCOC1C(O)c1ccc(C2CCCCC2)cc1. The monoisotopic (exact) mass is 274 g/mol. The smallest absolute Gasteiger partial charge is 0.105 e. The van der Waals surface area contributed by atoms with E-state index in [2.05, 4.69) is 31.2 Å². The van der Waals surface area contributed by atoms with E-state index in [4.69, 9.17) is 4.74 Å². The van der Waals surface area contributed by atoms with Gasteiger partial charge in [0, 0.05) is 6.61 Å². The van der Waals surface area contributed by atoms with Crippen LogP contribution >= 0.6 is 0 Å². The molecule has 2 aliphatic rings. The van der Waals surface area contributed by atoms with Crippen LogP contribution in [0.25, 0.3) is 0 Å². The summed E-state index contributed by atoms with van der Waals surface area (Å²) in [5.41, 5.74) is 2.45. The van der Waals surface area contributed by atoms with Gasteiger partial charge in [-0.3, -0.25) is 0 Å².